The third-order valence-electron chi connectivity index (χ3n) is 3.49. The average Bonchev–Trinajstić information content (AvgIpc) is 2.33. The van der Waals surface area contributed by atoms with Crippen LogP contribution in [0.5, 0.6) is 0 Å². The molecule has 0 amide bonds. The Morgan fingerprint density at radius 1 is 1.08 bits per heavy atom. The van der Waals surface area contributed by atoms with Gasteiger partial charge in [-0.05, 0) is 18.3 Å². The Morgan fingerprint density at radius 2 is 1.69 bits per heavy atom. The fourth-order valence-electron chi connectivity index (χ4n) is 2.78. The van der Waals surface area contributed by atoms with Crippen LogP contribution >= 0.6 is 0 Å². The van der Waals surface area contributed by atoms with Crippen molar-refractivity contribution >= 4 is 0 Å². The van der Waals surface area contributed by atoms with E-state index in [0.717, 1.165) is 11.8 Å². The average molecular weight is 182 g/mol. The van der Waals surface area contributed by atoms with Crippen LogP contribution in [-0.4, -0.2) is 0 Å². The zero-order valence-corrected chi connectivity index (χ0v) is 9.52. The molecular formula is C13H26. The highest BCUT2D eigenvalue weighted by molar-refractivity contribution is 4.67. The molecule has 0 N–H and O–H groups in total. The summed E-state index contributed by atoms with van der Waals surface area (Å²) in [7, 11) is 0. The van der Waals surface area contributed by atoms with Gasteiger partial charge in [0.25, 0.3) is 0 Å². The molecule has 1 atom stereocenters. The minimum atomic E-state index is 0.980. The number of hydrogen-bond acceptors (Lipinski definition) is 0. The van der Waals surface area contributed by atoms with Gasteiger partial charge in [0.05, 0.1) is 0 Å². The van der Waals surface area contributed by atoms with Gasteiger partial charge in [0, 0.05) is 0 Å². The van der Waals surface area contributed by atoms with E-state index >= 15 is 0 Å². The second-order valence-electron chi connectivity index (χ2n) is 4.99. The van der Waals surface area contributed by atoms with E-state index in [1.165, 1.54) is 57.8 Å². The van der Waals surface area contributed by atoms with Crippen molar-refractivity contribution in [2.24, 2.45) is 11.8 Å². The molecule has 0 heterocycles. The van der Waals surface area contributed by atoms with Gasteiger partial charge in [-0.3, -0.25) is 0 Å². The molecule has 0 aromatic rings. The summed E-state index contributed by atoms with van der Waals surface area (Å²) in [5.41, 5.74) is 0. The van der Waals surface area contributed by atoms with Crippen LogP contribution in [0.25, 0.3) is 0 Å². The Balaban J connectivity index is 2.17. The van der Waals surface area contributed by atoms with Gasteiger partial charge in [-0.25, -0.2) is 0 Å². The minimum Gasteiger partial charge on any atom is -0.0654 e. The molecule has 0 spiro atoms. The smallest absolute Gasteiger partial charge is 0.0412 e. The minimum absolute atomic E-state index is 0.980. The monoisotopic (exact) mass is 182 g/mol. The molecule has 0 aromatic heterocycles. The molecule has 0 radical (unpaired) electrons. The van der Waals surface area contributed by atoms with Crippen molar-refractivity contribution in [3.8, 4) is 0 Å². The zero-order chi connectivity index (χ0) is 9.52. The maximum Gasteiger partial charge on any atom is -0.0412 e. The van der Waals surface area contributed by atoms with Gasteiger partial charge in [-0.15, -0.1) is 0 Å². The van der Waals surface area contributed by atoms with Crippen molar-refractivity contribution in [2.75, 3.05) is 0 Å². The normalized spacial score (nSPS) is 22.6. The summed E-state index contributed by atoms with van der Waals surface area (Å²) in [4.78, 5) is 0. The van der Waals surface area contributed by atoms with E-state index < -0.39 is 0 Å². The lowest BCUT2D eigenvalue weighted by molar-refractivity contribution is 0.340. The van der Waals surface area contributed by atoms with E-state index in [1.54, 1.807) is 0 Å². The van der Waals surface area contributed by atoms with Crippen molar-refractivity contribution in [2.45, 2.75) is 71.6 Å². The van der Waals surface area contributed by atoms with Crippen LogP contribution in [0.1, 0.15) is 71.6 Å². The highest BCUT2D eigenvalue weighted by atomic mass is 14.2. The van der Waals surface area contributed by atoms with Gasteiger partial charge in [0.1, 0.15) is 0 Å². The Bertz CT molecular complexity index is 109. The predicted molar refractivity (Wildman–Crippen MR) is 59.9 cm³/mol. The lowest BCUT2D eigenvalue weighted by atomic mass is 9.88. The van der Waals surface area contributed by atoms with Crippen molar-refractivity contribution in [3.63, 3.8) is 0 Å². The fourth-order valence-corrected chi connectivity index (χ4v) is 2.78. The first-order valence-electron chi connectivity index (χ1n) is 6.33. The number of hydrogen-bond donors (Lipinski definition) is 0. The molecule has 1 fully saturated rings. The quantitative estimate of drug-likeness (QED) is 0.549. The Kier molecular flexibility index (Phi) is 5.50. The summed E-state index contributed by atoms with van der Waals surface area (Å²) in [6.45, 7) is 4.75. The zero-order valence-electron chi connectivity index (χ0n) is 9.52. The molecule has 1 aliphatic rings. The highest BCUT2D eigenvalue weighted by Gasteiger charge is 2.14. The van der Waals surface area contributed by atoms with Gasteiger partial charge in [0.15, 0.2) is 0 Å². The molecule has 0 heteroatoms. The van der Waals surface area contributed by atoms with Crippen molar-refractivity contribution in [1.29, 1.82) is 0 Å². The molecule has 1 unspecified atom stereocenters. The summed E-state index contributed by atoms with van der Waals surface area (Å²) in [6, 6.07) is 0. The SMILES string of the molecule is CCCC(C)CC1CCCCCC1. The van der Waals surface area contributed by atoms with Crippen LogP contribution in [0.4, 0.5) is 0 Å². The van der Waals surface area contributed by atoms with Crippen molar-refractivity contribution < 1.29 is 0 Å². The van der Waals surface area contributed by atoms with Gasteiger partial charge in [-0.2, -0.15) is 0 Å². The summed E-state index contributed by atoms with van der Waals surface area (Å²) in [5, 5.41) is 0. The van der Waals surface area contributed by atoms with Crippen LogP contribution in [0.15, 0.2) is 0 Å². The molecule has 0 saturated heterocycles. The molecule has 13 heavy (non-hydrogen) atoms. The first-order valence-corrected chi connectivity index (χ1v) is 6.33. The Morgan fingerprint density at radius 3 is 2.23 bits per heavy atom. The molecule has 0 bridgehead atoms. The van der Waals surface area contributed by atoms with Crippen LogP contribution in [0, 0.1) is 11.8 Å². The van der Waals surface area contributed by atoms with Gasteiger partial charge >= 0.3 is 0 Å². The van der Waals surface area contributed by atoms with Gasteiger partial charge < -0.3 is 0 Å². The Labute approximate surface area is 84.1 Å². The number of rotatable bonds is 4. The molecule has 0 nitrogen and oxygen atoms in total. The molecule has 1 aliphatic carbocycles. The molecule has 1 saturated carbocycles. The molecule has 78 valence electrons. The van der Waals surface area contributed by atoms with E-state index in [9.17, 15) is 0 Å². The molecule has 0 aromatic carbocycles. The van der Waals surface area contributed by atoms with Gasteiger partial charge in [-0.1, -0.05) is 65.2 Å². The lowest BCUT2D eigenvalue weighted by Crippen LogP contribution is -2.05. The second-order valence-corrected chi connectivity index (χ2v) is 4.99. The van der Waals surface area contributed by atoms with Gasteiger partial charge in [0.2, 0.25) is 0 Å². The molecule has 0 aliphatic heterocycles. The standard InChI is InChI=1S/C13H26/c1-3-8-12(2)11-13-9-6-4-5-7-10-13/h12-13H,3-11H2,1-2H3. The molecular weight excluding hydrogens is 156 g/mol. The van der Waals surface area contributed by atoms with E-state index in [-0.39, 0.29) is 0 Å². The maximum absolute atomic E-state index is 2.44. The largest absolute Gasteiger partial charge is 0.0654 e. The summed E-state index contributed by atoms with van der Waals surface area (Å²) in [6.07, 6.45) is 13.4. The van der Waals surface area contributed by atoms with Crippen molar-refractivity contribution in [3.05, 3.63) is 0 Å². The van der Waals surface area contributed by atoms with Crippen LogP contribution < -0.4 is 0 Å². The topological polar surface area (TPSA) is 0 Å². The van der Waals surface area contributed by atoms with Crippen LogP contribution in [0.2, 0.25) is 0 Å². The Hall–Kier alpha value is 0. The van der Waals surface area contributed by atoms with E-state index in [2.05, 4.69) is 13.8 Å². The third kappa shape index (κ3) is 4.69. The van der Waals surface area contributed by atoms with Crippen LogP contribution in [-0.2, 0) is 0 Å². The lowest BCUT2D eigenvalue weighted by Gasteiger charge is -2.18. The first-order chi connectivity index (χ1) is 6.33. The van der Waals surface area contributed by atoms with E-state index in [0.29, 0.717) is 0 Å². The summed E-state index contributed by atoms with van der Waals surface area (Å²) < 4.78 is 0. The highest BCUT2D eigenvalue weighted by Crippen LogP contribution is 2.29. The second kappa shape index (κ2) is 6.45. The van der Waals surface area contributed by atoms with Crippen LogP contribution in [0.3, 0.4) is 0 Å². The van der Waals surface area contributed by atoms with Crippen molar-refractivity contribution in [1.82, 2.24) is 0 Å². The first kappa shape index (κ1) is 11.1. The van der Waals surface area contributed by atoms with E-state index in [1.807, 2.05) is 0 Å². The van der Waals surface area contributed by atoms with E-state index in [4.69, 9.17) is 0 Å². The summed E-state index contributed by atoms with van der Waals surface area (Å²) in [5.74, 6) is 2.05. The third-order valence-corrected chi connectivity index (χ3v) is 3.49. The fraction of sp³-hybridized carbons (Fsp3) is 1.00. The maximum atomic E-state index is 2.44. The molecule has 1 rings (SSSR count). The predicted octanol–water partition coefficient (Wildman–Crippen LogP) is 4.78. The summed E-state index contributed by atoms with van der Waals surface area (Å²) >= 11 is 0.